The molecule has 5 nitrogen and oxygen atoms in total. The van der Waals surface area contributed by atoms with E-state index in [1.165, 1.54) is 25.7 Å². The van der Waals surface area contributed by atoms with Crippen molar-refractivity contribution in [2.75, 3.05) is 20.3 Å². The molecular weight excluding hydrogens is 304 g/mol. The number of aromatic nitrogens is 2. The Balaban J connectivity index is 1.93. The van der Waals surface area contributed by atoms with Gasteiger partial charge in [0.2, 0.25) is 0 Å². The summed E-state index contributed by atoms with van der Waals surface area (Å²) in [5.74, 6) is 1.67. The Hall–Kier alpha value is -2.17. The van der Waals surface area contributed by atoms with E-state index < -0.39 is 0 Å². The van der Waals surface area contributed by atoms with Gasteiger partial charge in [-0.2, -0.15) is 0 Å². The topological polar surface area (TPSA) is 45.5 Å². The molecule has 0 atom stereocenters. The Morgan fingerprint density at radius 1 is 1.00 bits per heavy atom. The quantitative estimate of drug-likeness (QED) is 0.786. The molecule has 2 aromatic rings. The van der Waals surface area contributed by atoms with Crippen molar-refractivity contribution >= 4 is 0 Å². The van der Waals surface area contributed by atoms with Crippen molar-refractivity contribution in [2.24, 2.45) is 7.05 Å². The fraction of sp³-hybridized carbons (Fsp3) is 0.526. The fourth-order valence-electron chi connectivity index (χ4n) is 3.00. The summed E-state index contributed by atoms with van der Waals surface area (Å²) in [6, 6.07) is 6.54. The first-order valence-electron chi connectivity index (χ1n) is 8.75. The number of nitrogens with zero attached hydrogens (tertiary/aromatic N) is 2. The van der Waals surface area contributed by atoms with E-state index in [4.69, 9.17) is 14.2 Å². The fourth-order valence-corrected chi connectivity index (χ4v) is 3.00. The summed E-state index contributed by atoms with van der Waals surface area (Å²) in [6.07, 6.45) is 8.91. The third-order valence-electron chi connectivity index (χ3n) is 4.44. The van der Waals surface area contributed by atoms with Crippen LogP contribution < -0.4 is 14.2 Å². The number of imidazole rings is 1. The number of rotatable bonds is 1. The van der Waals surface area contributed by atoms with Gasteiger partial charge in [0.05, 0.1) is 32.2 Å². The molecule has 2 heterocycles. The van der Waals surface area contributed by atoms with Gasteiger partial charge in [-0.15, -0.1) is 0 Å². The number of methoxy groups -OCH3 is 1. The minimum absolute atomic E-state index is 0.647. The second-order valence-corrected chi connectivity index (χ2v) is 6.17. The predicted molar refractivity (Wildman–Crippen MR) is 93.9 cm³/mol. The second-order valence-electron chi connectivity index (χ2n) is 6.17. The zero-order valence-corrected chi connectivity index (χ0v) is 14.6. The highest BCUT2D eigenvalue weighted by Gasteiger charge is 2.15. The van der Waals surface area contributed by atoms with Crippen LogP contribution in [0.2, 0.25) is 0 Å². The summed E-state index contributed by atoms with van der Waals surface area (Å²) in [7, 11) is 3.64. The maximum atomic E-state index is 6.05. The summed E-state index contributed by atoms with van der Waals surface area (Å²) in [5, 5.41) is 0. The zero-order valence-electron chi connectivity index (χ0n) is 14.6. The van der Waals surface area contributed by atoms with Crippen molar-refractivity contribution in [2.45, 2.75) is 38.5 Å². The van der Waals surface area contributed by atoms with E-state index in [-0.39, 0.29) is 0 Å². The third-order valence-corrected chi connectivity index (χ3v) is 4.44. The molecule has 0 unspecified atom stereocenters. The predicted octanol–water partition coefficient (Wildman–Crippen LogP) is 4.21. The smallest absolute Gasteiger partial charge is 0.296 e. The van der Waals surface area contributed by atoms with Crippen LogP contribution in [0.1, 0.15) is 38.5 Å². The van der Waals surface area contributed by atoms with E-state index in [0.717, 1.165) is 42.2 Å². The maximum absolute atomic E-state index is 6.05. The molecule has 0 radical (unpaired) electrons. The van der Waals surface area contributed by atoms with Crippen LogP contribution in [-0.4, -0.2) is 29.9 Å². The lowest BCUT2D eigenvalue weighted by atomic mass is 10.1. The van der Waals surface area contributed by atoms with Gasteiger partial charge in [-0.1, -0.05) is 25.7 Å². The van der Waals surface area contributed by atoms with Crippen LogP contribution in [0.25, 0.3) is 11.3 Å². The van der Waals surface area contributed by atoms with Gasteiger partial charge in [-0.05, 0) is 31.0 Å². The molecule has 2 bridgehead atoms. The highest BCUT2D eigenvalue weighted by molar-refractivity contribution is 5.69. The Morgan fingerprint density at radius 2 is 1.71 bits per heavy atom. The molecule has 0 aliphatic carbocycles. The minimum atomic E-state index is 0.647. The van der Waals surface area contributed by atoms with E-state index in [9.17, 15) is 0 Å². The van der Waals surface area contributed by atoms with Crippen molar-refractivity contribution in [1.29, 1.82) is 0 Å². The summed E-state index contributed by atoms with van der Waals surface area (Å²) in [5.41, 5.74) is 1.95. The van der Waals surface area contributed by atoms with Crippen molar-refractivity contribution in [3.8, 4) is 28.8 Å². The first kappa shape index (κ1) is 16.7. The van der Waals surface area contributed by atoms with E-state index in [1.807, 2.05) is 36.0 Å². The number of hydrogen-bond acceptors (Lipinski definition) is 4. The van der Waals surface area contributed by atoms with Gasteiger partial charge < -0.3 is 14.2 Å². The van der Waals surface area contributed by atoms with Crippen molar-refractivity contribution < 1.29 is 14.2 Å². The molecule has 130 valence electrons. The lowest BCUT2D eigenvalue weighted by Crippen LogP contribution is -2.04. The lowest BCUT2D eigenvalue weighted by molar-refractivity contribution is 0.273. The number of hydrogen-bond donors (Lipinski definition) is 0. The third kappa shape index (κ3) is 3.83. The van der Waals surface area contributed by atoms with E-state index in [0.29, 0.717) is 12.6 Å². The molecule has 0 saturated carbocycles. The van der Waals surface area contributed by atoms with Crippen LogP contribution in [0, 0.1) is 0 Å². The largest absolute Gasteiger partial charge is 0.497 e. The normalized spacial score (nSPS) is 16.1. The van der Waals surface area contributed by atoms with Gasteiger partial charge in [0.15, 0.2) is 0 Å². The van der Waals surface area contributed by atoms with Gasteiger partial charge in [0.1, 0.15) is 11.5 Å². The van der Waals surface area contributed by atoms with Crippen LogP contribution in [0.3, 0.4) is 0 Å². The van der Waals surface area contributed by atoms with Crippen molar-refractivity contribution in [3.05, 3.63) is 24.4 Å². The second kappa shape index (κ2) is 8.08. The van der Waals surface area contributed by atoms with Gasteiger partial charge >= 0.3 is 0 Å². The first-order chi connectivity index (χ1) is 11.8. The van der Waals surface area contributed by atoms with Crippen LogP contribution in [-0.2, 0) is 7.05 Å². The average Bonchev–Trinajstić information content (AvgIpc) is 2.96. The molecular formula is C19H26N2O3. The molecule has 1 aliphatic heterocycles. The van der Waals surface area contributed by atoms with Gasteiger partial charge in [-0.3, -0.25) is 4.57 Å². The molecule has 0 amide bonds. The number of ether oxygens (including phenoxy) is 3. The molecule has 0 N–H and O–H groups in total. The first-order valence-corrected chi connectivity index (χ1v) is 8.75. The van der Waals surface area contributed by atoms with Crippen LogP contribution in [0.4, 0.5) is 0 Å². The Labute approximate surface area is 143 Å². The molecule has 1 aromatic carbocycles. The van der Waals surface area contributed by atoms with E-state index in [1.54, 1.807) is 7.11 Å². The molecule has 0 fully saturated rings. The minimum Gasteiger partial charge on any atom is -0.497 e. The lowest BCUT2D eigenvalue weighted by Gasteiger charge is -2.14. The van der Waals surface area contributed by atoms with E-state index >= 15 is 0 Å². The van der Waals surface area contributed by atoms with E-state index in [2.05, 4.69) is 4.98 Å². The van der Waals surface area contributed by atoms with Crippen LogP contribution in [0.5, 0.6) is 17.5 Å². The van der Waals surface area contributed by atoms with Gasteiger partial charge in [0, 0.05) is 12.6 Å². The molecule has 0 spiro atoms. The Morgan fingerprint density at radius 3 is 2.46 bits per heavy atom. The van der Waals surface area contributed by atoms with Crippen LogP contribution in [0.15, 0.2) is 24.4 Å². The van der Waals surface area contributed by atoms with Crippen molar-refractivity contribution in [3.63, 3.8) is 0 Å². The highest BCUT2D eigenvalue weighted by atomic mass is 16.5. The molecule has 0 saturated heterocycles. The Kier molecular flexibility index (Phi) is 5.62. The Bertz CT molecular complexity index is 667. The van der Waals surface area contributed by atoms with Crippen LogP contribution >= 0.6 is 0 Å². The summed E-state index contributed by atoms with van der Waals surface area (Å²) in [4.78, 5) is 4.42. The maximum Gasteiger partial charge on any atom is 0.296 e. The van der Waals surface area contributed by atoms with Gasteiger partial charge in [-0.25, -0.2) is 4.98 Å². The highest BCUT2D eigenvalue weighted by Crippen LogP contribution is 2.35. The zero-order chi connectivity index (χ0) is 16.8. The SMILES string of the molecule is COc1ccc2c(c1)-c1cnc(n1C)OCCCCCCCCO2. The molecule has 1 aliphatic rings. The number of benzene rings is 1. The van der Waals surface area contributed by atoms with Gasteiger partial charge in [0.25, 0.3) is 6.01 Å². The summed E-state index contributed by atoms with van der Waals surface area (Å²) < 4.78 is 19.2. The monoisotopic (exact) mass is 330 g/mol. The molecule has 3 rings (SSSR count). The number of fused-ring (bicyclic) bond motifs is 4. The molecule has 24 heavy (non-hydrogen) atoms. The average molecular weight is 330 g/mol. The summed E-state index contributed by atoms with van der Waals surface area (Å²) >= 11 is 0. The standard InChI is InChI=1S/C19H26N2O3/c1-21-17-14-20-19(21)24-12-8-6-4-3-5-7-11-23-18-10-9-15(22-2)13-16(17)18/h9-10,13-14H,3-8,11-12H2,1-2H3. The molecule has 1 aromatic heterocycles. The summed E-state index contributed by atoms with van der Waals surface area (Å²) in [6.45, 7) is 1.45. The molecule has 5 heteroatoms. The van der Waals surface area contributed by atoms with Crippen molar-refractivity contribution in [1.82, 2.24) is 9.55 Å².